The van der Waals surface area contributed by atoms with Crippen LogP contribution in [0.2, 0.25) is 0 Å². The molecule has 0 aliphatic carbocycles. The van der Waals surface area contributed by atoms with Gasteiger partial charge in [0.2, 0.25) is 0 Å². The van der Waals surface area contributed by atoms with Crippen molar-refractivity contribution in [2.24, 2.45) is 5.92 Å². The molecule has 1 unspecified atom stereocenters. The number of halogens is 1. The second-order valence-corrected chi connectivity index (χ2v) is 8.55. The van der Waals surface area contributed by atoms with Crippen molar-refractivity contribution in [3.8, 4) is 16.9 Å². The van der Waals surface area contributed by atoms with Crippen LogP contribution in [0.5, 0.6) is 5.75 Å². The molecule has 32 heavy (non-hydrogen) atoms. The number of methoxy groups -OCH3 is 1. The molecule has 1 atom stereocenters. The van der Waals surface area contributed by atoms with Gasteiger partial charge in [-0.2, -0.15) is 0 Å². The molecular formula is C26H29FN2O3. The highest BCUT2D eigenvalue weighted by molar-refractivity contribution is 5.99. The Morgan fingerprint density at radius 1 is 1.16 bits per heavy atom. The van der Waals surface area contributed by atoms with Gasteiger partial charge in [-0.1, -0.05) is 30.3 Å². The van der Waals surface area contributed by atoms with Crippen molar-refractivity contribution >= 4 is 16.7 Å². The average molecular weight is 437 g/mol. The minimum atomic E-state index is -0.389. The third-order valence-corrected chi connectivity index (χ3v) is 5.82. The first kappa shape index (κ1) is 22.2. The SMILES string of the molecule is COc1c(F)cccc1-c1ccc2cc(C(=O)N3CCOCC(CN(C)C)C3)ccc2c1. The smallest absolute Gasteiger partial charge is 0.253 e. The molecule has 0 bridgehead atoms. The molecule has 0 N–H and O–H groups in total. The Balaban J connectivity index is 1.60. The van der Waals surface area contributed by atoms with Crippen LogP contribution in [0, 0.1) is 11.7 Å². The van der Waals surface area contributed by atoms with Gasteiger partial charge in [-0.25, -0.2) is 4.39 Å². The number of nitrogens with zero attached hydrogens (tertiary/aromatic N) is 2. The fourth-order valence-corrected chi connectivity index (χ4v) is 4.36. The molecule has 168 valence electrons. The number of hydrogen-bond donors (Lipinski definition) is 0. The second kappa shape index (κ2) is 9.67. The second-order valence-electron chi connectivity index (χ2n) is 8.55. The maximum absolute atomic E-state index is 14.1. The molecule has 1 fully saturated rings. The van der Waals surface area contributed by atoms with Gasteiger partial charge in [0.15, 0.2) is 11.6 Å². The first-order chi connectivity index (χ1) is 15.5. The lowest BCUT2D eigenvalue weighted by molar-refractivity contribution is 0.0735. The van der Waals surface area contributed by atoms with Crippen LogP contribution >= 0.6 is 0 Å². The van der Waals surface area contributed by atoms with Gasteiger partial charge in [0.1, 0.15) is 0 Å². The molecule has 5 nitrogen and oxygen atoms in total. The van der Waals surface area contributed by atoms with Gasteiger partial charge >= 0.3 is 0 Å². The van der Waals surface area contributed by atoms with E-state index in [2.05, 4.69) is 4.90 Å². The van der Waals surface area contributed by atoms with Gasteiger partial charge in [-0.15, -0.1) is 0 Å². The summed E-state index contributed by atoms with van der Waals surface area (Å²) in [6.45, 7) is 3.40. The van der Waals surface area contributed by atoms with Crippen molar-refractivity contribution in [1.82, 2.24) is 9.80 Å². The fraction of sp³-hybridized carbons (Fsp3) is 0.346. The van der Waals surface area contributed by atoms with E-state index in [-0.39, 0.29) is 17.5 Å². The summed E-state index contributed by atoms with van der Waals surface area (Å²) in [5.41, 5.74) is 2.23. The van der Waals surface area contributed by atoms with Crippen LogP contribution < -0.4 is 4.74 Å². The van der Waals surface area contributed by atoms with Crippen molar-refractivity contribution in [1.29, 1.82) is 0 Å². The van der Waals surface area contributed by atoms with E-state index in [1.807, 2.05) is 61.5 Å². The molecule has 0 radical (unpaired) electrons. The van der Waals surface area contributed by atoms with E-state index in [4.69, 9.17) is 9.47 Å². The van der Waals surface area contributed by atoms with Crippen LogP contribution in [0.3, 0.4) is 0 Å². The Hall–Kier alpha value is -2.96. The van der Waals surface area contributed by atoms with Crippen LogP contribution in [0.15, 0.2) is 54.6 Å². The van der Waals surface area contributed by atoms with Crippen molar-refractivity contribution in [3.05, 3.63) is 66.0 Å². The molecule has 1 aliphatic rings. The lowest BCUT2D eigenvalue weighted by Gasteiger charge is -2.25. The zero-order valence-corrected chi connectivity index (χ0v) is 18.8. The third-order valence-electron chi connectivity index (χ3n) is 5.82. The number of amides is 1. The topological polar surface area (TPSA) is 42.0 Å². The Labute approximate surface area is 188 Å². The molecule has 1 amide bonds. The fourth-order valence-electron chi connectivity index (χ4n) is 4.36. The van der Waals surface area contributed by atoms with Crippen molar-refractivity contribution in [2.45, 2.75) is 0 Å². The highest BCUT2D eigenvalue weighted by Gasteiger charge is 2.24. The average Bonchev–Trinajstić information content (AvgIpc) is 3.02. The monoisotopic (exact) mass is 436 g/mol. The van der Waals surface area contributed by atoms with Crippen LogP contribution in [-0.4, -0.2) is 69.8 Å². The number of carbonyl (C=O) groups excluding carboxylic acids is 1. The summed E-state index contributed by atoms with van der Waals surface area (Å²) >= 11 is 0. The van der Waals surface area contributed by atoms with Gasteiger partial charge in [0, 0.05) is 36.7 Å². The quantitative estimate of drug-likeness (QED) is 0.598. The Morgan fingerprint density at radius 3 is 2.72 bits per heavy atom. The number of benzene rings is 3. The summed E-state index contributed by atoms with van der Waals surface area (Å²) in [6, 6.07) is 16.5. The molecule has 3 aromatic rings. The van der Waals surface area contributed by atoms with E-state index in [1.165, 1.54) is 13.2 Å². The van der Waals surface area contributed by atoms with E-state index in [9.17, 15) is 9.18 Å². The van der Waals surface area contributed by atoms with E-state index in [0.717, 1.165) is 22.9 Å². The highest BCUT2D eigenvalue weighted by atomic mass is 19.1. The van der Waals surface area contributed by atoms with Crippen molar-refractivity contribution < 1.29 is 18.7 Å². The van der Waals surface area contributed by atoms with Gasteiger partial charge < -0.3 is 19.3 Å². The molecule has 0 saturated carbocycles. The van der Waals surface area contributed by atoms with Crippen LogP contribution in [0.4, 0.5) is 4.39 Å². The summed E-state index contributed by atoms with van der Waals surface area (Å²) in [5.74, 6) is 0.159. The molecule has 0 aromatic heterocycles. The molecular weight excluding hydrogens is 407 g/mol. The van der Waals surface area contributed by atoms with Gasteiger partial charge in [0.25, 0.3) is 5.91 Å². The zero-order valence-electron chi connectivity index (χ0n) is 18.8. The molecule has 1 heterocycles. The van der Waals surface area contributed by atoms with Gasteiger partial charge in [0.05, 0.1) is 20.3 Å². The first-order valence-corrected chi connectivity index (χ1v) is 10.8. The maximum atomic E-state index is 14.1. The standard InChI is InChI=1S/C26H29FN2O3/c1-28(2)15-18-16-29(11-12-32-17-18)26(30)22-10-8-19-13-21(9-7-20(19)14-22)23-5-4-6-24(27)25(23)31-3/h4-10,13-14,18H,11-12,15-17H2,1-3H3. The molecule has 1 aliphatic heterocycles. The number of fused-ring (bicyclic) bond motifs is 1. The molecule has 1 saturated heterocycles. The predicted molar refractivity (Wildman–Crippen MR) is 125 cm³/mol. The minimum absolute atomic E-state index is 0.0250. The largest absolute Gasteiger partial charge is 0.493 e. The number of hydrogen-bond acceptors (Lipinski definition) is 4. The summed E-state index contributed by atoms with van der Waals surface area (Å²) in [7, 11) is 5.54. The van der Waals surface area contributed by atoms with E-state index >= 15 is 0 Å². The third kappa shape index (κ3) is 4.76. The predicted octanol–water partition coefficient (Wildman–Crippen LogP) is 4.30. The number of carbonyl (C=O) groups is 1. The summed E-state index contributed by atoms with van der Waals surface area (Å²) < 4.78 is 25.1. The zero-order chi connectivity index (χ0) is 22.7. The summed E-state index contributed by atoms with van der Waals surface area (Å²) in [4.78, 5) is 17.3. The maximum Gasteiger partial charge on any atom is 0.253 e. The summed E-state index contributed by atoms with van der Waals surface area (Å²) in [5, 5.41) is 1.95. The van der Waals surface area contributed by atoms with Gasteiger partial charge in [-0.05, 0) is 54.7 Å². The lowest BCUT2D eigenvalue weighted by Crippen LogP contribution is -2.38. The summed E-state index contributed by atoms with van der Waals surface area (Å²) in [6.07, 6.45) is 0. The van der Waals surface area contributed by atoms with Crippen LogP contribution in [-0.2, 0) is 4.74 Å². The Kier molecular flexibility index (Phi) is 6.72. The highest BCUT2D eigenvalue weighted by Crippen LogP contribution is 2.34. The minimum Gasteiger partial charge on any atom is -0.493 e. The van der Waals surface area contributed by atoms with E-state index in [0.29, 0.717) is 43.3 Å². The number of para-hydroxylation sites is 1. The normalized spacial score (nSPS) is 16.9. The van der Waals surface area contributed by atoms with Gasteiger partial charge in [-0.3, -0.25) is 4.79 Å². The number of ether oxygens (including phenoxy) is 2. The van der Waals surface area contributed by atoms with Crippen LogP contribution in [0.25, 0.3) is 21.9 Å². The van der Waals surface area contributed by atoms with Crippen molar-refractivity contribution in [2.75, 3.05) is 54.1 Å². The molecule has 6 heteroatoms. The first-order valence-electron chi connectivity index (χ1n) is 10.8. The van der Waals surface area contributed by atoms with Crippen LogP contribution in [0.1, 0.15) is 10.4 Å². The number of rotatable bonds is 5. The lowest BCUT2D eigenvalue weighted by atomic mass is 9.99. The molecule has 4 rings (SSSR count). The molecule has 0 spiro atoms. The molecule has 3 aromatic carbocycles. The van der Waals surface area contributed by atoms with Crippen molar-refractivity contribution in [3.63, 3.8) is 0 Å². The Bertz CT molecular complexity index is 1120. The van der Waals surface area contributed by atoms with E-state index in [1.54, 1.807) is 6.07 Å². The van der Waals surface area contributed by atoms with E-state index < -0.39 is 0 Å². The Morgan fingerprint density at radius 2 is 1.94 bits per heavy atom.